The number of rotatable bonds is 8. The molecule has 1 N–H and O–H groups in total. The van der Waals surface area contributed by atoms with Crippen molar-refractivity contribution in [3.63, 3.8) is 0 Å². The van der Waals surface area contributed by atoms with Gasteiger partial charge in [-0.15, -0.1) is 0 Å². The van der Waals surface area contributed by atoms with E-state index in [4.69, 9.17) is 9.47 Å². The quantitative estimate of drug-likeness (QED) is 0.496. The molecule has 2 aliphatic rings. The van der Waals surface area contributed by atoms with Gasteiger partial charge in [0.15, 0.2) is 11.5 Å². The second-order valence-corrected chi connectivity index (χ2v) is 8.83. The normalized spacial score (nSPS) is 19.8. The Morgan fingerprint density at radius 1 is 0.969 bits per heavy atom. The third-order valence-corrected chi connectivity index (χ3v) is 6.68. The van der Waals surface area contributed by atoms with Gasteiger partial charge in [0.05, 0.1) is 12.5 Å². The fourth-order valence-electron chi connectivity index (χ4n) is 5.03. The van der Waals surface area contributed by atoms with E-state index in [0.717, 1.165) is 37.7 Å². The molecule has 0 aromatic heterocycles. The number of phenols is 1. The molecule has 2 fully saturated rings. The van der Waals surface area contributed by atoms with E-state index in [2.05, 4.69) is 0 Å². The molecular formula is C26H31NO5. The number of nitrogens with zero attached hydrogens (tertiary/aromatic N) is 1. The van der Waals surface area contributed by atoms with Crippen LogP contribution < -0.4 is 4.74 Å². The smallest absolute Gasteiger partial charge is 0.315 e. The van der Waals surface area contributed by atoms with Gasteiger partial charge in [-0.05, 0) is 48.8 Å². The number of phenolic OH excluding ortho intramolecular Hbond substituents is 1. The topological polar surface area (TPSA) is 76.1 Å². The molecule has 0 radical (unpaired) electrons. The van der Waals surface area contributed by atoms with Crippen LogP contribution in [0.1, 0.15) is 37.7 Å². The molecule has 6 heteroatoms. The molecule has 4 rings (SSSR count). The molecule has 170 valence electrons. The molecule has 1 saturated carbocycles. The zero-order chi connectivity index (χ0) is 22.3. The summed E-state index contributed by atoms with van der Waals surface area (Å²) in [5, 5.41) is 10.0. The molecule has 0 spiro atoms. The van der Waals surface area contributed by atoms with Crippen LogP contribution in [0.4, 0.5) is 0 Å². The third-order valence-electron chi connectivity index (χ3n) is 6.68. The van der Waals surface area contributed by atoms with E-state index >= 15 is 0 Å². The Kier molecular flexibility index (Phi) is 7.43. The van der Waals surface area contributed by atoms with Crippen LogP contribution in [0.15, 0.2) is 54.6 Å². The number of amides is 1. The minimum Gasteiger partial charge on any atom is -0.504 e. The fourth-order valence-corrected chi connectivity index (χ4v) is 5.03. The van der Waals surface area contributed by atoms with Gasteiger partial charge < -0.3 is 19.5 Å². The van der Waals surface area contributed by atoms with Gasteiger partial charge in [-0.2, -0.15) is 0 Å². The molecule has 1 unspecified atom stereocenters. The average molecular weight is 438 g/mol. The summed E-state index contributed by atoms with van der Waals surface area (Å²) in [7, 11) is 0. The van der Waals surface area contributed by atoms with Gasteiger partial charge in [0.25, 0.3) is 0 Å². The molecule has 2 aromatic rings. The van der Waals surface area contributed by atoms with Gasteiger partial charge in [-0.25, -0.2) is 0 Å². The lowest BCUT2D eigenvalue weighted by Gasteiger charge is -2.27. The van der Waals surface area contributed by atoms with Gasteiger partial charge >= 0.3 is 5.97 Å². The van der Waals surface area contributed by atoms with E-state index in [0.29, 0.717) is 19.7 Å². The Bertz CT molecular complexity index is 909. The maximum absolute atomic E-state index is 13.2. The molecule has 1 saturated heterocycles. The number of ether oxygens (including phenoxy) is 2. The largest absolute Gasteiger partial charge is 0.504 e. The summed E-state index contributed by atoms with van der Waals surface area (Å²) in [6.07, 6.45) is 5.03. The summed E-state index contributed by atoms with van der Waals surface area (Å²) in [4.78, 5) is 27.7. The zero-order valence-corrected chi connectivity index (χ0v) is 18.3. The predicted octanol–water partition coefficient (Wildman–Crippen LogP) is 4.17. The lowest BCUT2D eigenvalue weighted by Crippen LogP contribution is -2.37. The van der Waals surface area contributed by atoms with E-state index in [9.17, 15) is 14.7 Å². The second kappa shape index (κ2) is 10.6. The molecule has 1 amide bonds. The van der Waals surface area contributed by atoms with Crippen LogP contribution in [0.5, 0.6) is 11.5 Å². The molecule has 0 bridgehead atoms. The van der Waals surface area contributed by atoms with Crippen LogP contribution in [-0.4, -0.2) is 41.6 Å². The van der Waals surface area contributed by atoms with Crippen LogP contribution in [0.25, 0.3) is 0 Å². The van der Waals surface area contributed by atoms with E-state index in [-0.39, 0.29) is 47.7 Å². The maximum atomic E-state index is 13.2. The fraction of sp³-hybridized carbons (Fsp3) is 0.462. The Hall–Kier alpha value is -2.86. The first-order valence-electron chi connectivity index (χ1n) is 11.5. The number of carbonyl (C=O) groups excluding carboxylic acids is 2. The van der Waals surface area contributed by atoms with Crippen LogP contribution in [-0.2, 0) is 20.9 Å². The molecule has 32 heavy (non-hydrogen) atoms. The number of esters is 1. The molecule has 2 aromatic carbocycles. The molecule has 1 aliphatic carbocycles. The van der Waals surface area contributed by atoms with Crippen LogP contribution >= 0.6 is 0 Å². The number of benzene rings is 2. The lowest BCUT2D eigenvalue weighted by atomic mass is 9.80. The molecule has 2 atom stereocenters. The number of aromatic hydroxyl groups is 1. The highest BCUT2D eigenvalue weighted by molar-refractivity contribution is 5.79. The molecule has 1 aliphatic heterocycles. The molecule has 1 heterocycles. The van der Waals surface area contributed by atoms with Crippen molar-refractivity contribution < 1.29 is 24.2 Å². The van der Waals surface area contributed by atoms with Gasteiger partial charge in [-0.3, -0.25) is 9.59 Å². The van der Waals surface area contributed by atoms with Crippen LogP contribution in [0, 0.1) is 17.8 Å². The van der Waals surface area contributed by atoms with Crippen molar-refractivity contribution in [2.45, 2.75) is 38.7 Å². The minimum atomic E-state index is -0.293. The van der Waals surface area contributed by atoms with Crippen molar-refractivity contribution >= 4 is 11.9 Å². The number of hydrogen-bond acceptors (Lipinski definition) is 5. The van der Waals surface area contributed by atoms with Crippen LogP contribution in [0.2, 0.25) is 0 Å². The highest BCUT2D eigenvalue weighted by atomic mass is 16.5. The number of carbonyl (C=O) groups is 2. The second-order valence-electron chi connectivity index (χ2n) is 8.83. The van der Waals surface area contributed by atoms with E-state index < -0.39 is 0 Å². The first kappa shape index (κ1) is 22.3. The highest BCUT2D eigenvalue weighted by Gasteiger charge is 2.42. The van der Waals surface area contributed by atoms with Crippen LogP contribution in [0.3, 0.4) is 0 Å². The standard InChI is InChI=1S/C26H31NO5/c28-22-12-6-7-13-23(22)32-26(30)25(20-10-4-5-11-20)21-14-15-27(16-21)24(29)18-31-17-19-8-2-1-3-9-19/h1-3,6-9,12-13,20-21,25,28H,4-5,10-11,14-18H2/t21-,25?/m1/s1. The minimum absolute atomic E-state index is 0.0372. The monoisotopic (exact) mass is 437 g/mol. The Labute approximate surface area is 189 Å². The highest BCUT2D eigenvalue weighted by Crippen LogP contribution is 2.40. The third kappa shape index (κ3) is 5.49. The Morgan fingerprint density at radius 2 is 1.69 bits per heavy atom. The number of likely N-dealkylation sites (tertiary alicyclic amines) is 1. The lowest BCUT2D eigenvalue weighted by molar-refractivity contribution is -0.144. The summed E-state index contributed by atoms with van der Waals surface area (Å²) < 4.78 is 11.2. The van der Waals surface area contributed by atoms with Crippen molar-refractivity contribution in [2.24, 2.45) is 17.8 Å². The zero-order valence-electron chi connectivity index (χ0n) is 18.3. The summed E-state index contributed by atoms with van der Waals surface area (Å²) >= 11 is 0. The first-order chi connectivity index (χ1) is 15.6. The maximum Gasteiger partial charge on any atom is 0.315 e. The summed E-state index contributed by atoms with van der Waals surface area (Å²) in [5.74, 6) is -0.108. The SMILES string of the molecule is O=C(Oc1ccccc1O)C(C1CCCC1)[C@@H]1CCN(C(=O)COCc2ccccc2)C1. The van der Waals surface area contributed by atoms with Gasteiger partial charge in [0.1, 0.15) is 6.61 Å². The first-order valence-corrected chi connectivity index (χ1v) is 11.5. The summed E-state index contributed by atoms with van der Waals surface area (Å²) in [6.45, 7) is 1.62. The molecule has 6 nitrogen and oxygen atoms in total. The van der Waals surface area contributed by atoms with E-state index in [1.807, 2.05) is 35.2 Å². The van der Waals surface area contributed by atoms with Crippen molar-refractivity contribution in [1.82, 2.24) is 4.90 Å². The summed E-state index contributed by atoms with van der Waals surface area (Å²) in [5.41, 5.74) is 1.04. The summed E-state index contributed by atoms with van der Waals surface area (Å²) in [6, 6.07) is 16.3. The van der Waals surface area contributed by atoms with Gasteiger partial charge in [0, 0.05) is 13.1 Å². The van der Waals surface area contributed by atoms with Crippen molar-refractivity contribution in [3.8, 4) is 11.5 Å². The van der Waals surface area contributed by atoms with Gasteiger partial charge in [0.2, 0.25) is 5.91 Å². The van der Waals surface area contributed by atoms with E-state index in [1.54, 1.807) is 18.2 Å². The van der Waals surface area contributed by atoms with E-state index in [1.165, 1.54) is 6.07 Å². The molecular weight excluding hydrogens is 406 g/mol. The Balaban J connectivity index is 1.35. The van der Waals surface area contributed by atoms with Crippen molar-refractivity contribution in [3.05, 3.63) is 60.2 Å². The number of para-hydroxylation sites is 2. The Morgan fingerprint density at radius 3 is 2.44 bits per heavy atom. The number of hydrogen-bond donors (Lipinski definition) is 1. The van der Waals surface area contributed by atoms with Gasteiger partial charge in [-0.1, -0.05) is 55.3 Å². The predicted molar refractivity (Wildman–Crippen MR) is 120 cm³/mol. The average Bonchev–Trinajstić information content (AvgIpc) is 3.49. The van der Waals surface area contributed by atoms with Crippen molar-refractivity contribution in [2.75, 3.05) is 19.7 Å². The van der Waals surface area contributed by atoms with Crippen molar-refractivity contribution in [1.29, 1.82) is 0 Å².